The SMILES string of the molecule is CCn1cc(C(C)CCC(C)c2cn(C)nn2)nn1. The first-order valence-corrected chi connectivity index (χ1v) is 6.86. The van der Waals surface area contributed by atoms with Crippen molar-refractivity contribution >= 4 is 0 Å². The molecule has 19 heavy (non-hydrogen) atoms. The highest BCUT2D eigenvalue weighted by molar-refractivity contribution is 5.03. The fourth-order valence-corrected chi connectivity index (χ4v) is 2.08. The van der Waals surface area contributed by atoms with Gasteiger partial charge in [-0.25, -0.2) is 0 Å². The Morgan fingerprint density at radius 1 is 1.00 bits per heavy atom. The maximum atomic E-state index is 4.22. The van der Waals surface area contributed by atoms with Crippen LogP contribution >= 0.6 is 0 Å². The Labute approximate surface area is 113 Å². The zero-order chi connectivity index (χ0) is 13.8. The van der Waals surface area contributed by atoms with Gasteiger partial charge in [-0.1, -0.05) is 24.3 Å². The highest BCUT2D eigenvalue weighted by atomic mass is 15.4. The van der Waals surface area contributed by atoms with E-state index in [0.717, 1.165) is 30.8 Å². The van der Waals surface area contributed by atoms with Crippen LogP contribution < -0.4 is 0 Å². The zero-order valence-electron chi connectivity index (χ0n) is 12.1. The van der Waals surface area contributed by atoms with Crippen LogP contribution in [0.3, 0.4) is 0 Å². The summed E-state index contributed by atoms with van der Waals surface area (Å²) < 4.78 is 3.63. The molecule has 104 valence electrons. The molecule has 0 aromatic carbocycles. The smallest absolute Gasteiger partial charge is 0.0855 e. The number of aryl methyl sites for hydroxylation is 2. The lowest BCUT2D eigenvalue weighted by Gasteiger charge is -2.11. The fourth-order valence-electron chi connectivity index (χ4n) is 2.08. The molecule has 0 fully saturated rings. The second-order valence-corrected chi connectivity index (χ2v) is 5.20. The zero-order valence-corrected chi connectivity index (χ0v) is 12.1. The van der Waals surface area contributed by atoms with Crippen LogP contribution in [-0.2, 0) is 13.6 Å². The van der Waals surface area contributed by atoms with Crippen molar-refractivity contribution in [1.82, 2.24) is 30.0 Å². The number of aromatic nitrogens is 6. The van der Waals surface area contributed by atoms with Gasteiger partial charge in [-0.15, -0.1) is 10.2 Å². The maximum Gasteiger partial charge on any atom is 0.0855 e. The van der Waals surface area contributed by atoms with Crippen LogP contribution in [0.25, 0.3) is 0 Å². The third-order valence-corrected chi connectivity index (χ3v) is 3.54. The molecule has 6 nitrogen and oxygen atoms in total. The molecule has 2 unspecified atom stereocenters. The molecule has 2 atom stereocenters. The molecule has 2 heterocycles. The van der Waals surface area contributed by atoms with E-state index in [4.69, 9.17) is 0 Å². The van der Waals surface area contributed by atoms with E-state index >= 15 is 0 Å². The Kier molecular flexibility index (Phi) is 4.29. The lowest BCUT2D eigenvalue weighted by atomic mass is 9.94. The molecule has 0 radical (unpaired) electrons. The lowest BCUT2D eigenvalue weighted by Crippen LogP contribution is -2.00. The first kappa shape index (κ1) is 13.7. The van der Waals surface area contributed by atoms with Gasteiger partial charge in [0.25, 0.3) is 0 Å². The molecule has 0 N–H and O–H groups in total. The minimum Gasteiger partial charge on any atom is -0.255 e. The summed E-state index contributed by atoms with van der Waals surface area (Å²) in [5.41, 5.74) is 2.14. The molecule has 0 saturated heterocycles. The monoisotopic (exact) mass is 262 g/mol. The fraction of sp³-hybridized carbons (Fsp3) is 0.692. The Hall–Kier alpha value is -1.72. The van der Waals surface area contributed by atoms with Crippen LogP contribution in [0.2, 0.25) is 0 Å². The normalized spacial score (nSPS) is 14.5. The summed E-state index contributed by atoms with van der Waals surface area (Å²) in [6, 6.07) is 0. The Balaban J connectivity index is 1.87. The van der Waals surface area contributed by atoms with Crippen molar-refractivity contribution in [2.24, 2.45) is 7.05 Å². The molecule has 2 aromatic heterocycles. The molecular formula is C13H22N6. The van der Waals surface area contributed by atoms with Gasteiger partial charge in [0.15, 0.2) is 0 Å². The second-order valence-electron chi connectivity index (χ2n) is 5.20. The van der Waals surface area contributed by atoms with Gasteiger partial charge in [-0.05, 0) is 19.8 Å². The van der Waals surface area contributed by atoms with E-state index in [0.29, 0.717) is 11.8 Å². The van der Waals surface area contributed by atoms with Crippen molar-refractivity contribution in [3.63, 3.8) is 0 Å². The van der Waals surface area contributed by atoms with E-state index in [2.05, 4.69) is 41.4 Å². The van der Waals surface area contributed by atoms with Gasteiger partial charge in [0.2, 0.25) is 0 Å². The third-order valence-electron chi connectivity index (χ3n) is 3.54. The molecule has 6 heteroatoms. The molecule has 2 aromatic rings. The van der Waals surface area contributed by atoms with Crippen molar-refractivity contribution in [1.29, 1.82) is 0 Å². The molecule has 0 aliphatic carbocycles. The first-order chi connectivity index (χ1) is 9.10. The highest BCUT2D eigenvalue weighted by Gasteiger charge is 2.14. The summed E-state index contributed by atoms with van der Waals surface area (Å²) in [5.74, 6) is 0.858. The van der Waals surface area contributed by atoms with Crippen molar-refractivity contribution in [3.8, 4) is 0 Å². The average Bonchev–Trinajstić information content (AvgIpc) is 3.04. The number of nitrogens with zero attached hydrogens (tertiary/aromatic N) is 6. The molecule has 0 aliphatic heterocycles. The summed E-state index contributed by atoms with van der Waals surface area (Å²) >= 11 is 0. The van der Waals surface area contributed by atoms with Crippen molar-refractivity contribution in [3.05, 3.63) is 23.8 Å². The number of hydrogen-bond acceptors (Lipinski definition) is 4. The van der Waals surface area contributed by atoms with Crippen molar-refractivity contribution in [2.45, 2.75) is 52.0 Å². The van der Waals surface area contributed by atoms with E-state index in [9.17, 15) is 0 Å². The molecule has 0 bridgehead atoms. The third kappa shape index (κ3) is 3.39. The topological polar surface area (TPSA) is 61.4 Å². The highest BCUT2D eigenvalue weighted by Crippen LogP contribution is 2.25. The predicted octanol–water partition coefficient (Wildman–Crippen LogP) is 2.11. The molecule has 0 amide bonds. The minimum atomic E-state index is 0.428. The minimum absolute atomic E-state index is 0.428. The van der Waals surface area contributed by atoms with Crippen LogP contribution in [0.15, 0.2) is 12.4 Å². The Bertz CT molecular complexity index is 515. The van der Waals surface area contributed by atoms with Crippen LogP contribution in [0.1, 0.15) is 56.8 Å². The summed E-state index contributed by atoms with van der Waals surface area (Å²) in [6.45, 7) is 7.34. The molecule has 2 rings (SSSR count). The van der Waals surface area contributed by atoms with Gasteiger partial charge in [0.1, 0.15) is 0 Å². The summed E-state index contributed by atoms with van der Waals surface area (Å²) in [7, 11) is 1.90. The van der Waals surface area contributed by atoms with Crippen LogP contribution in [-0.4, -0.2) is 30.0 Å². The molecule has 0 aliphatic rings. The first-order valence-electron chi connectivity index (χ1n) is 6.86. The van der Waals surface area contributed by atoms with Gasteiger partial charge >= 0.3 is 0 Å². The van der Waals surface area contributed by atoms with Crippen LogP contribution in [0, 0.1) is 0 Å². The number of rotatable bonds is 6. The van der Waals surface area contributed by atoms with Crippen molar-refractivity contribution in [2.75, 3.05) is 0 Å². The van der Waals surface area contributed by atoms with Gasteiger partial charge in [-0.3, -0.25) is 9.36 Å². The van der Waals surface area contributed by atoms with Crippen molar-refractivity contribution < 1.29 is 0 Å². The lowest BCUT2D eigenvalue weighted by molar-refractivity contribution is 0.556. The van der Waals surface area contributed by atoms with E-state index in [-0.39, 0.29) is 0 Å². The molecule has 0 spiro atoms. The van der Waals surface area contributed by atoms with Crippen LogP contribution in [0.5, 0.6) is 0 Å². The summed E-state index contributed by atoms with van der Waals surface area (Å²) in [6.07, 6.45) is 6.19. The molecule has 0 saturated carbocycles. The Morgan fingerprint density at radius 2 is 1.58 bits per heavy atom. The Morgan fingerprint density at radius 3 is 2.05 bits per heavy atom. The van der Waals surface area contributed by atoms with Gasteiger partial charge in [0, 0.05) is 37.8 Å². The van der Waals surface area contributed by atoms with E-state index < -0.39 is 0 Å². The van der Waals surface area contributed by atoms with Gasteiger partial charge in [0.05, 0.1) is 11.4 Å². The maximum absolute atomic E-state index is 4.22. The second kappa shape index (κ2) is 5.95. The number of hydrogen-bond donors (Lipinski definition) is 0. The van der Waals surface area contributed by atoms with E-state index in [1.165, 1.54) is 0 Å². The summed E-state index contributed by atoms with van der Waals surface area (Å²) in [4.78, 5) is 0. The molecular weight excluding hydrogens is 240 g/mol. The summed E-state index contributed by atoms with van der Waals surface area (Å²) in [5, 5.41) is 16.5. The quantitative estimate of drug-likeness (QED) is 0.800. The van der Waals surface area contributed by atoms with Gasteiger partial charge < -0.3 is 0 Å². The van der Waals surface area contributed by atoms with Crippen LogP contribution in [0.4, 0.5) is 0 Å². The largest absolute Gasteiger partial charge is 0.255 e. The standard InChI is InChI=1S/C13H22N6/c1-5-19-9-13(15-17-19)11(3)7-6-10(2)12-8-18(4)16-14-12/h8-11H,5-7H2,1-4H3. The predicted molar refractivity (Wildman–Crippen MR) is 72.8 cm³/mol. The van der Waals surface area contributed by atoms with Gasteiger partial charge in [-0.2, -0.15) is 0 Å². The van der Waals surface area contributed by atoms with E-state index in [1.54, 1.807) is 4.68 Å². The average molecular weight is 262 g/mol. The van der Waals surface area contributed by atoms with E-state index in [1.807, 2.05) is 24.1 Å².